The van der Waals surface area contributed by atoms with Gasteiger partial charge in [0, 0.05) is 42.6 Å². The monoisotopic (exact) mass is 731 g/mol. The number of thiophene rings is 1. The van der Waals surface area contributed by atoms with Crippen LogP contribution in [0.3, 0.4) is 0 Å². The van der Waals surface area contributed by atoms with Crippen LogP contribution >= 0.6 is 11.3 Å². The Bertz CT molecular complexity index is 3280. The molecule has 0 N–H and O–H groups in total. The van der Waals surface area contributed by atoms with Crippen molar-refractivity contribution in [2.24, 2.45) is 0 Å². The van der Waals surface area contributed by atoms with E-state index in [0.717, 1.165) is 19.3 Å². The van der Waals surface area contributed by atoms with E-state index < -0.39 is 0 Å². The minimum absolute atomic E-state index is 0.344. The molecule has 2 heteroatoms. The smallest absolute Gasteiger partial charge is 0.0640 e. The van der Waals surface area contributed by atoms with Crippen molar-refractivity contribution in [2.45, 2.75) is 25.2 Å². The highest BCUT2D eigenvalue weighted by Gasteiger charge is 2.32. The van der Waals surface area contributed by atoms with Gasteiger partial charge in [0.25, 0.3) is 0 Å². The lowest BCUT2D eigenvalue weighted by Crippen LogP contribution is -2.03. The highest BCUT2D eigenvalue weighted by molar-refractivity contribution is 7.26. The number of nitrogens with zero attached hydrogens (tertiary/aromatic N) is 1. The van der Waals surface area contributed by atoms with E-state index in [2.05, 4.69) is 187 Å². The topological polar surface area (TPSA) is 4.93 Å². The molecule has 264 valence electrons. The minimum Gasteiger partial charge on any atom is -0.309 e. The second-order valence-electron chi connectivity index (χ2n) is 15.5. The number of allylic oxidation sites excluding steroid dienone is 4. The number of hydrogen-bond acceptors (Lipinski definition) is 1. The van der Waals surface area contributed by atoms with Gasteiger partial charge in [-0.3, -0.25) is 0 Å². The molecule has 10 aromatic rings. The lowest BCUT2D eigenvalue weighted by atomic mass is 9.86. The Morgan fingerprint density at radius 1 is 0.554 bits per heavy atom. The first-order valence-electron chi connectivity index (χ1n) is 19.8. The van der Waals surface area contributed by atoms with E-state index in [1.165, 1.54) is 109 Å². The van der Waals surface area contributed by atoms with Gasteiger partial charge in [-0.05, 0) is 117 Å². The summed E-state index contributed by atoms with van der Waals surface area (Å²) in [7, 11) is 0. The van der Waals surface area contributed by atoms with Gasteiger partial charge < -0.3 is 4.57 Å². The maximum Gasteiger partial charge on any atom is 0.0640 e. The summed E-state index contributed by atoms with van der Waals surface area (Å²) in [4.78, 5) is 0. The zero-order valence-corrected chi connectivity index (χ0v) is 31.7. The average Bonchev–Trinajstić information content (AvgIpc) is 3.91. The lowest BCUT2D eigenvalue weighted by molar-refractivity contribution is 0.815. The van der Waals surface area contributed by atoms with Gasteiger partial charge in [0.05, 0.1) is 11.0 Å². The lowest BCUT2D eigenvalue weighted by Gasteiger charge is -2.17. The Morgan fingerprint density at radius 2 is 1.36 bits per heavy atom. The molecule has 2 aliphatic carbocycles. The molecule has 1 nitrogen and oxygen atoms in total. The second kappa shape index (κ2) is 12.5. The third-order valence-corrected chi connectivity index (χ3v) is 13.5. The summed E-state index contributed by atoms with van der Waals surface area (Å²) >= 11 is 1.91. The quantitative estimate of drug-likeness (QED) is 0.166. The second-order valence-corrected chi connectivity index (χ2v) is 16.6. The van der Waals surface area contributed by atoms with Crippen molar-refractivity contribution in [1.82, 2.24) is 4.57 Å². The van der Waals surface area contributed by atoms with Gasteiger partial charge in [0.2, 0.25) is 0 Å². The molecular formula is C54H37NS. The molecule has 8 aromatic carbocycles. The van der Waals surface area contributed by atoms with Crippen molar-refractivity contribution in [3.8, 4) is 27.9 Å². The molecule has 12 rings (SSSR count). The molecule has 0 saturated heterocycles. The van der Waals surface area contributed by atoms with Crippen LogP contribution in [-0.2, 0) is 6.42 Å². The highest BCUT2D eigenvalue weighted by atomic mass is 32.1. The van der Waals surface area contributed by atoms with E-state index in [-0.39, 0.29) is 0 Å². The maximum absolute atomic E-state index is 2.54. The third kappa shape index (κ3) is 4.86. The van der Waals surface area contributed by atoms with Gasteiger partial charge in [-0.25, -0.2) is 0 Å². The van der Waals surface area contributed by atoms with Gasteiger partial charge in [0.15, 0.2) is 0 Å². The van der Waals surface area contributed by atoms with Gasteiger partial charge >= 0.3 is 0 Å². The number of benzene rings is 8. The van der Waals surface area contributed by atoms with Crippen LogP contribution in [-0.4, -0.2) is 4.57 Å². The van der Waals surface area contributed by atoms with Crippen LogP contribution < -0.4 is 0 Å². The number of aromatic nitrogens is 1. The van der Waals surface area contributed by atoms with Crippen molar-refractivity contribution in [1.29, 1.82) is 0 Å². The Kier molecular flexibility index (Phi) is 7.12. The van der Waals surface area contributed by atoms with Crippen LogP contribution in [0.5, 0.6) is 0 Å². The summed E-state index contributed by atoms with van der Waals surface area (Å²) in [6.07, 6.45) is 8.00. The van der Waals surface area contributed by atoms with Gasteiger partial charge in [-0.15, -0.1) is 11.3 Å². The number of para-hydroxylation sites is 1. The molecule has 0 spiro atoms. The predicted molar refractivity (Wildman–Crippen MR) is 240 cm³/mol. The Balaban J connectivity index is 1.08. The fourth-order valence-electron chi connectivity index (χ4n) is 9.89. The molecule has 0 amide bonds. The van der Waals surface area contributed by atoms with E-state index in [1.807, 2.05) is 11.3 Å². The molecular weight excluding hydrogens is 695 g/mol. The van der Waals surface area contributed by atoms with Crippen molar-refractivity contribution >= 4 is 69.7 Å². The van der Waals surface area contributed by atoms with E-state index in [1.54, 1.807) is 0 Å². The summed E-state index contributed by atoms with van der Waals surface area (Å²) in [6, 6.07) is 63.5. The maximum atomic E-state index is 2.54. The Hall–Kier alpha value is -6.48. The summed E-state index contributed by atoms with van der Waals surface area (Å²) in [6.45, 7) is 0. The fourth-order valence-corrected chi connectivity index (χ4v) is 11.0. The van der Waals surface area contributed by atoms with Gasteiger partial charge in [-0.2, -0.15) is 0 Å². The zero-order valence-electron chi connectivity index (χ0n) is 30.9. The zero-order chi connectivity index (χ0) is 36.7. The van der Waals surface area contributed by atoms with Crippen LogP contribution in [0.1, 0.15) is 35.4 Å². The van der Waals surface area contributed by atoms with Crippen molar-refractivity contribution < 1.29 is 0 Å². The van der Waals surface area contributed by atoms with Crippen molar-refractivity contribution in [3.05, 3.63) is 204 Å². The highest BCUT2D eigenvalue weighted by Crippen LogP contribution is 2.51. The van der Waals surface area contributed by atoms with E-state index in [0.29, 0.717) is 5.92 Å². The fraction of sp³-hybridized carbons (Fsp3) is 0.0741. The van der Waals surface area contributed by atoms with Crippen LogP contribution in [0.2, 0.25) is 0 Å². The van der Waals surface area contributed by atoms with Crippen molar-refractivity contribution in [3.63, 3.8) is 0 Å². The molecule has 2 heterocycles. The predicted octanol–water partition coefficient (Wildman–Crippen LogP) is 15.1. The normalized spacial score (nSPS) is 15.1. The standard InChI is InChI=1S/C54H37NS/c1-2-14-35(15-3-1)37-18-12-13-34(29-37)30-47-41-19-6-7-20-42(41)48-32-39(26-28-43(47)48)46-33-51-53(45-22-9-11-24-50(45)56-51)54-52(46)44-21-8-10-23-49(44)55(54)40-27-25-36-16-4-5-17-38(36)31-40/h1-6,8-19,21-29,31-33,47H,7,20,30H2. The largest absolute Gasteiger partial charge is 0.309 e. The van der Waals surface area contributed by atoms with Gasteiger partial charge in [-0.1, -0.05) is 146 Å². The van der Waals surface area contributed by atoms with Crippen LogP contribution in [0.15, 0.2) is 188 Å². The molecule has 0 fully saturated rings. The Morgan fingerprint density at radius 3 is 2.29 bits per heavy atom. The summed E-state index contributed by atoms with van der Waals surface area (Å²) in [5.41, 5.74) is 16.2. The Labute approximate surface area is 330 Å². The molecule has 0 radical (unpaired) electrons. The third-order valence-electron chi connectivity index (χ3n) is 12.4. The molecule has 1 unspecified atom stereocenters. The summed E-state index contributed by atoms with van der Waals surface area (Å²) in [5.74, 6) is 0.344. The van der Waals surface area contributed by atoms with E-state index in [9.17, 15) is 0 Å². The van der Waals surface area contributed by atoms with Crippen LogP contribution in [0, 0.1) is 0 Å². The molecule has 56 heavy (non-hydrogen) atoms. The molecule has 0 saturated carbocycles. The molecule has 0 bridgehead atoms. The minimum atomic E-state index is 0.344. The molecule has 2 aliphatic rings. The van der Waals surface area contributed by atoms with E-state index >= 15 is 0 Å². The van der Waals surface area contributed by atoms with Crippen LogP contribution in [0.25, 0.3) is 86.3 Å². The van der Waals surface area contributed by atoms with Crippen molar-refractivity contribution in [2.75, 3.05) is 0 Å². The van der Waals surface area contributed by atoms with Gasteiger partial charge in [0.1, 0.15) is 0 Å². The van der Waals surface area contributed by atoms with Crippen LogP contribution in [0.4, 0.5) is 0 Å². The first kappa shape index (κ1) is 31.8. The first-order chi connectivity index (χ1) is 27.8. The van der Waals surface area contributed by atoms with E-state index in [4.69, 9.17) is 0 Å². The molecule has 2 aromatic heterocycles. The number of hydrogen-bond donors (Lipinski definition) is 0. The summed E-state index contributed by atoms with van der Waals surface area (Å²) in [5, 5.41) is 7.80. The average molecular weight is 732 g/mol. The number of fused-ring (bicyclic) bond motifs is 10. The molecule has 1 atom stereocenters. The first-order valence-corrected chi connectivity index (χ1v) is 20.6. The molecule has 0 aliphatic heterocycles. The SMILES string of the molecule is C1=CC2=C(CC1)c1cc(-c3cc4sc5ccccc5c4c4c3c3ccccc3n4-c3ccc4ccccc4c3)ccc1C2Cc1cccc(-c2ccccc2)c1. The summed E-state index contributed by atoms with van der Waals surface area (Å²) < 4.78 is 5.20. The number of rotatable bonds is 5.